The van der Waals surface area contributed by atoms with Crippen LogP contribution in [-0.2, 0) is 4.79 Å². The summed E-state index contributed by atoms with van der Waals surface area (Å²) in [5.74, 6) is -0.791. The number of carboxylic acid groups (broad SMARTS) is 1. The minimum Gasteiger partial charge on any atom is -0.480 e. The molecule has 0 aliphatic rings. The summed E-state index contributed by atoms with van der Waals surface area (Å²) in [5.41, 5.74) is 0.836. The molecule has 0 aliphatic carbocycles. The molecule has 0 bridgehead atoms. The second-order valence-corrected chi connectivity index (χ2v) is 4.96. The Balaban J connectivity index is 2.57. The number of anilines is 1. The predicted molar refractivity (Wildman–Crippen MR) is 73.3 cm³/mol. The average Bonchev–Trinajstić information content (AvgIpc) is 2.28. The maximum Gasteiger partial charge on any atom is 0.326 e. The zero-order valence-electron chi connectivity index (χ0n) is 9.95. The van der Waals surface area contributed by atoms with Gasteiger partial charge in [0.15, 0.2) is 0 Å². The van der Waals surface area contributed by atoms with E-state index in [4.69, 9.17) is 5.11 Å². The molecule has 0 aromatic heterocycles. The third kappa shape index (κ3) is 5.22. The quantitative estimate of drug-likeness (QED) is 0.751. The van der Waals surface area contributed by atoms with Gasteiger partial charge in [-0.25, -0.2) is 4.79 Å². The van der Waals surface area contributed by atoms with E-state index in [2.05, 4.69) is 28.2 Å². The fraction of sp³-hybridized carbons (Fsp3) is 0.462. The normalized spacial score (nSPS) is 12.1. The summed E-state index contributed by atoms with van der Waals surface area (Å²) in [6.45, 7) is 2.11. The van der Waals surface area contributed by atoms with Gasteiger partial charge in [0.1, 0.15) is 6.04 Å². The molecule has 0 saturated carbocycles. The fourth-order valence-electron chi connectivity index (χ4n) is 1.64. The topological polar surface area (TPSA) is 49.3 Å². The summed E-state index contributed by atoms with van der Waals surface area (Å²) in [5, 5.41) is 12.2. The minimum absolute atomic E-state index is 0.504. The molecule has 2 N–H and O–H groups in total. The van der Waals surface area contributed by atoms with E-state index in [9.17, 15) is 4.79 Å². The van der Waals surface area contributed by atoms with E-state index in [1.54, 1.807) is 0 Å². The molecule has 1 rings (SSSR count). The molecule has 4 heteroatoms. The van der Waals surface area contributed by atoms with Crippen molar-refractivity contribution in [3.05, 3.63) is 28.7 Å². The molecule has 0 radical (unpaired) electrons. The smallest absolute Gasteiger partial charge is 0.326 e. The molecule has 1 aromatic carbocycles. The highest BCUT2D eigenvalue weighted by Gasteiger charge is 2.16. The molecule has 1 aromatic rings. The van der Waals surface area contributed by atoms with Gasteiger partial charge in [-0.1, -0.05) is 48.2 Å². The Kier molecular flexibility index (Phi) is 6.05. The number of hydrogen-bond donors (Lipinski definition) is 2. The van der Waals surface area contributed by atoms with Gasteiger partial charge in [-0.3, -0.25) is 0 Å². The first-order valence-electron chi connectivity index (χ1n) is 5.88. The molecule has 0 amide bonds. The van der Waals surface area contributed by atoms with Gasteiger partial charge in [-0.2, -0.15) is 0 Å². The highest BCUT2D eigenvalue weighted by atomic mass is 79.9. The third-order valence-electron chi connectivity index (χ3n) is 2.56. The van der Waals surface area contributed by atoms with Crippen molar-refractivity contribution in [3.63, 3.8) is 0 Å². The van der Waals surface area contributed by atoms with Gasteiger partial charge in [0.25, 0.3) is 0 Å². The summed E-state index contributed by atoms with van der Waals surface area (Å²) < 4.78 is 0.945. The van der Waals surface area contributed by atoms with Crippen LogP contribution in [0.2, 0.25) is 0 Å². The zero-order valence-corrected chi connectivity index (χ0v) is 11.5. The van der Waals surface area contributed by atoms with E-state index in [1.807, 2.05) is 24.3 Å². The number of carboxylic acids is 1. The molecule has 1 unspecified atom stereocenters. The maximum absolute atomic E-state index is 11.1. The molecule has 0 heterocycles. The number of aliphatic carboxylic acids is 1. The SMILES string of the molecule is CCCCCC(Nc1cccc(Br)c1)C(=O)O. The van der Waals surface area contributed by atoms with Crippen LogP contribution < -0.4 is 5.32 Å². The Bertz CT molecular complexity index is 368. The van der Waals surface area contributed by atoms with Gasteiger partial charge < -0.3 is 10.4 Å². The third-order valence-corrected chi connectivity index (χ3v) is 3.05. The van der Waals surface area contributed by atoms with Gasteiger partial charge in [0.05, 0.1) is 0 Å². The second kappa shape index (κ2) is 7.33. The second-order valence-electron chi connectivity index (χ2n) is 4.04. The standard InChI is InChI=1S/C13H18BrNO2/c1-2-3-4-8-12(13(16)17)15-11-7-5-6-10(14)9-11/h5-7,9,12,15H,2-4,8H2,1H3,(H,16,17). The lowest BCUT2D eigenvalue weighted by Gasteiger charge is -2.15. The molecule has 0 saturated heterocycles. The Labute approximate surface area is 110 Å². The molecular weight excluding hydrogens is 282 g/mol. The first-order valence-corrected chi connectivity index (χ1v) is 6.67. The molecular formula is C13H18BrNO2. The molecule has 0 spiro atoms. The van der Waals surface area contributed by atoms with Crippen molar-refractivity contribution in [2.75, 3.05) is 5.32 Å². The van der Waals surface area contributed by atoms with Crippen molar-refractivity contribution in [3.8, 4) is 0 Å². The number of carbonyl (C=O) groups is 1. The Morgan fingerprint density at radius 2 is 2.24 bits per heavy atom. The lowest BCUT2D eigenvalue weighted by Crippen LogP contribution is -2.29. The number of nitrogens with one attached hydrogen (secondary N) is 1. The van der Waals surface area contributed by atoms with E-state index in [1.165, 1.54) is 0 Å². The number of unbranched alkanes of at least 4 members (excludes halogenated alkanes) is 2. The average molecular weight is 300 g/mol. The Morgan fingerprint density at radius 1 is 1.47 bits per heavy atom. The van der Waals surface area contributed by atoms with Gasteiger partial charge in [0, 0.05) is 10.2 Å². The highest BCUT2D eigenvalue weighted by molar-refractivity contribution is 9.10. The summed E-state index contributed by atoms with van der Waals surface area (Å²) in [6, 6.07) is 7.06. The Morgan fingerprint density at radius 3 is 2.82 bits per heavy atom. The van der Waals surface area contributed by atoms with Crippen LogP contribution in [0.5, 0.6) is 0 Å². The van der Waals surface area contributed by atoms with Crippen LogP contribution in [0.15, 0.2) is 28.7 Å². The van der Waals surface area contributed by atoms with Gasteiger partial charge in [-0.15, -0.1) is 0 Å². The van der Waals surface area contributed by atoms with Crippen molar-refractivity contribution in [2.45, 2.75) is 38.6 Å². The van der Waals surface area contributed by atoms with Crippen LogP contribution >= 0.6 is 15.9 Å². The van der Waals surface area contributed by atoms with Gasteiger partial charge >= 0.3 is 5.97 Å². The Hall–Kier alpha value is -1.03. The first-order chi connectivity index (χ1) is 8.13. The van der Waals surface area contributed by atoms with Crippen molar-refractivity contribution in [2.24, 2.45) is 0 Å². The van der Waals surface area contributed by atoms with E-state index >= 15 is 0 Å². The number of rotatable bonds is 7. The first kappa shape index (κ1) is 14.0. The maximum atomic E-state index is 11.1. The van der Waals surface area contributed by atoms with E-state index in [-0.39, 0.29) is 0 Å². The number of hydrogen-bond acceptors (Lipinski definition) is 2. The molecule has 0 aliphatic heterocycles. The number of halogens is 1. The molecule has 94 valence electrons. The van der Waals surface area contributed by atoms with Gasteiger partial charge in [-0.05, 0) is 24.6 Å². The zero-order chi connectivity index (χ0) is 12.7. The summed E-state index contributed by atoms with van der Waals surface area (Å²) in [4.78, 5) is 11.1. The monoisotopic (exact) mass is 299 g/mol. The predicted octanol–water partition coefficient (Wildman–Crippen LogP) is 3.89. The minimum atomic E-state index is -0.791. The molecule has 3 nitrogen and oxygen atoms in total. The van der Waals surface area contributed by atoms with E-state index < -0.39 is 12.0 Å². The summed E-state index contributed by atoms with van der Waals surface area (Å²) >= 11 is 3.37. The highest BCUT2D eigenvalue weighted by Crippen LogP contribution is 2.18. The van der Waals surface area contributed by atoms with Crippen LogP contribution in [0.3, 0.4) is 0 Å². The summed E-state index contributed by atoms with van der Waals surface area (Å²) in [6.07, 6.45) is 3.78. The van der Waals surface area contributed by atoms with Crippen LogP contribution in [0.4, 0.5) is 5.69 Å². The van der Waals surface area contributed by atoms with Crippen LogP contribution in [0.25, 0.3) is 0 Å². The summed E-state index contributed by atoms with van der Waals surface area (Å²) in [7, 11) is 0. The van der Waals surface area contributed by atoms with E-state index in [0.717, 1.165) is 29.4 Å². The number of benzene rings is 1. The van der Waals surface area contributed by atoms with Crippen molar-refractivity contribution in [1.29, 1.82) is 0 Å². The van der Waals surface area contributed by atoms with Crippen LogP contribution in [0.1, 0.15) is 32.6 Å². The molecule has 0 fully saturated rings. The van der Waals surface area contributed by atoms with Crippen molar-refractivity contribution in [1.82, 2.24) is 0 Å². The lowest BCUT2D eigenvalue weighted by molar-refractivity contribution is -0.138. The van der Waals surface area contributed by atoms with Crippen LogP contribution in [-0.4, -0.2) is 17.1 Å². The van der Waals surface area contributed by atoms with E-state index in [0.29, 0.717) is 6.42 Å². The fourth-order valence-corrected chi connectivity index (χ4v) is 2.03. The van der Waals surface area contributed by atoms with Crippen LogP contribution in [0, 0.1) is 0 Å². The largest absolute Gasteiger partial charge is 0.480 e. The van der Waals surface area contributed by atoms with Crippen molar-refractivity contribution >= 4 is 27.6 Å². The molecule has 1 atom stereocenters. The lowest BCUT2D eigenvalue weighted by atomic mass is 10.1. The van der Waals surface area contributed by atoms with Gasteiger partial charge in [0.2, 0.25) is 0 Å². The molecule has 17 heavy (non-hydrogen) atoms. The van der Waals surface area contributed by atoms with Crippen molar-refractivity contribution < 1.29 is 9.90 Å².